The molecule has 6 nitrogen and oxygen atoms in total. The first-order valence-electron chi connectivity index (χ1n) is 33.9. The molecule has 0 bridgehead atoms. The van der Waals surface area contributed by atoms with E-state index < -0.39 is 6.10 Å². The molecule has 0 aromatic carbocycles. The van der Waals surface area contributed by atoms with Crippen LogP contribution in [0.4, 0.5) is 0 Å². The zero-order valence-electron chi connectivity index (χ0n) is 51.9. The molecule has 0 aliphatic rings. The third kappa shape index (κ3) is 63.7. The number of unbranched alkanes of at least 4 members (excludes halogenated alkanes) is 39. The van der Waals surface area contributed by atoms with Crippen molar-refractivity contribution in [3.63, 3.8) is 0 Å². The molecule has 0 rings (SSSR count). The minimum Gasteiger partial charge on any atom is -0.462 e. The van der Waals surface area contributed by atoms with Crippen molar-refractivity contribution >= 4 is 17.9 Å². The van der Waals surface area contributed by atoms with Gasteiger partial charge in [-0.1, -0.05) is 293 Å². The topological polar surface area (TPSA) is 78.9 Å². The second kappa shape index (κ2) is 66.4. The molecule has 0 radical (unpaired) electrons. The highest BCUT2D eigenvalue weighted by atomic mass is 16.6. The first-order valence-corrected chi connectivity index (χ1v) is 33.9. The van der Waals surface area contributed by atoms with Gasteiger partial charge in [-0.25, -0.2) is 0 Å². The maximum atomic E-state index is 12.9. The van der Waals surface area contributed by atoms with Crippen LogP contribution in [0.1, 0.15) is 348 Å². The normalized spacial score (nSPS) is 12.5. The summed E-state index contributed by atoms with van der Waals surface area (Å²) in [5.41, 5.74) is 0. The lowest BCUT2D eigenvalue weighted by molar-refractivity contribution is -0.167. The third-order valence-corrected chi connectivity index (χ3v) is 14.9. The van der Waals surface area contributed by atoms with Crippen LogP contribution in [0.5, 0.6) is 0 Å². The molecule has 0 N–H and O–H groups in total. The minimum absolute atomic E-state index is 0.0798. The Bertz CT molecular complexity index is 1440. The highest BCUT2D eigenvalue weighted by Crippen LogP contribution is 2.17. The van der Waals surface area contributed by atoms with Crippen LogP contribution >= 0.6 is 0 Å². The fourth-order valence-electron chi connectivity index (χ4n) is 9.84. The largest absolute Gasteiger partial charge is 0.462 e. The van der Waals surface area contributed by atoms with Crippen molar-refractivity contribution in [2.45, 2.75) is 354 Å². The SMILES string of the molecule is CC/C=C\C/C=C\C/C=C\CCCCCCCCCC(=O)OC(COC(=O)CCCCCCC/C=C\CCCCCCCCC)COC(=O)CCCCCCCCCCCCCCCCC/C=C\C/C=C\CCCCCCC. The smallest absolute Gasteiger partial charge is 0.306 e. The van der Waals surface area contributed by atoms with Crippen molar-refractivity contribution in [3.05, 3.63) is 72.9 Å². The quantitative estimate of drug-likeness (QED) is 0.0261. The van der Waals surface area contributed by atoms with Crippen molar-refractivity contribution < 1.29 is 28.6 Å². The van der Waals surface area contributed by atoms with E-state index in [2.05, 4.69) is 93.7 Å². The second-order valence-corrected chi connectivity index (χ2v) is 22.7. The number of esters is 3. The van der Waals surface area contributed by atoms with Gasteiger partial charge in [-0.2, -0.15) is 0 Å². The molecule has 0 aromatic heterocycles. The van der Waals surface area contributed by atoms with E-state index in [1.807, 2.05) is 0 Å². The molecule has 0 saturated carbocycles. The van der Waals surface area contributed by atoms with Crippen molar-refractivity contribution in [1.29, 1.82) is 0 Å². The summed E-state index contributed by atoms with van der Waals surface area (Å²) in [4.78, 5) is 38.4. The van der Waals surface area contributed by atoms with Crippen LogP contribution in [0.2, 0.25) is 0 Å². The van der Waals surface area contributed by atoms with Crippen LogP contribution in [0.3, 0.4) is 0 Å². The monoisotopic (exact) mass is 1090 g/mol. The van der Waals surface area contributed by atoms with E-state index >= 15 is 0 Å². The van der Waals surface area contributed by atoms with Gasteiger partial charge < -0.3 is 14.2 Å². The van der Waals surface area contributed by atoms with Gasteiger partial charge in [-0.3, -0.25) is 14.4 Å². The fourth-order valence-corrected chi connectivity index (χ4v) is 9.84. The summed E-state index contributed by atoms with van der Waals surface area (Å²) < 4.78 is 17.0. The van der Waals surface area contributed by atoms with E-state index in [9.17, 15) is 14.4 Å². The number of carbonyl (C=O) groups excluding carboxylic acids is 3. The van der Waals surface area contributed by atoms with Crippen LogP contribution in [0, 0.1) is 0 Å². The number of hydrogen-bond acceptors (Lipinski definition) is 6. The minimum atomic E-state index is -0.785. The van der Waals surface area contributed by atoms with Gasteiger partial charge in [0.2, 0.25) is 0 Å². The summed E-state index contributed by atoms with van der Waals surface area (Å²) in [5, 5.41) is 0. The zero-order chi connectivity index (χ0) is 56.4. The number of allylic oxidation sites excluding steroid dienone is 12. The summed E-state index contributed by atoms with van der Waals surface area (Å²) in [5.74, 6) is -0.881. The van der Waals surface area contributed by atoms with Gasteiger partial charge in [0, 0.05) is 19.3 Å². The average Bonchev–Trinajstić information content (AvgIpc) is 3.44. The maximum Gasteiger partial charge on any atom is 0.306 e. The van der Waals surface area contributed by atoms with Gasteiger partial charge in [0.1, 0.15) is 13.2 Å². The zero-order valence-corrected chi connectivity index (χ0v) is 51.9. The molecule has 0 saturated heterocycles. The van der Waals surface area contributed by atoms with E-state index in [1.54, 1.807) is 0 Å². The summed E-state index contributed by atoms with van der Waals surface area (Å²) in [6, 6.07) is 0. The van der Waals surface area contributed by atoms with E-state index in [4.69, 9.17) is 14.2 Å². The fraction of sp³-hybridized carbons (Fsp3) is 0.792. The van der Waals surface area contributed by atoms with Crippen LogP contribution in [0.15, 0.2) is 72.9 Å². The summed E-state index contributed by atoms with van der Waals surface area (Å²) in [6.07, 6.45) is 86.3. The third-order valence-electron chi connectivity index (χ3n) is 14.9. The number of carbonyl (C=O) groups is 3. The van der Waals surface area contributed by atoms with Gasteiger partial charge >= 0.3 is 17.9 Å². The number of hydrogen-bond donors (Lipinski definition) is 0. The molecule has 78 heavy (non-hydrogen) atoms. The molecule has 0 aromatic rings. The summed E-state index contributed by atoms with van der Waals surface area (Å²) in [6.45, 7) is 6.55. The molecule has 1 unspecified atom stereocenters. The molecule has 0 heterocycles. The lowest BCUT2D eigenvalue weighted by atomic mass is 10.0. The van der Waals surface area contributed by atoms with Gasteiger partial charge in [-0.05, 0) is 109 Å². The Balaban J connectivity index is 4.29. The first-order chi connectivity index (χ1) is 38.5. The lowest BCUT2D eigenvalue weighted by Crippen LogP contribution is -2.30. The Labute approximate surface area is 484 Å². The van der Waals surface area contributed by atoms with E-state index in [0.717, 1.165) is 96.3 Å². The Morgan fingerprint density at radius 3 is 0.795 bits per heavy atom. The number of ether oxygens (including phenoxy) is 3. The van der Waals surface area contributed by atoms with E-state index in [1.165, 1.54) is 212 Å². The number of rotatable bonds is 62. The lowest BCUT2D eigenvalue weighted by Gasteiger charge is -2.18. The highest BCUT2D eigenvalue weighted by Gasteiger charge is 2.19. The van der Waals surface area contributed by atoms with E-state index in [0.29, 0.717) is 19.3 Å². The van der Waals surface area contributed by atoms with Crippen LogP contribution in [0.25, 0.3) is 0 Å². The van der Waals surface area contributed by atoms with E-state index in [-0.39, 0.29) is 31.1 Å². The highest BCUT2D eigenvalue weighted by molar-refractivity contribution is 5.71. The van der Waals surface area contributed by atoms with Crippen LogP contribution in [-0.2, 0) is 28.6 Å². The van der Waals surface area contributed by atoms with Crippen molar-refractivity contribution in [2.24, 2.45) is 0 Å². The van der Waals surface area contributed by atoms with Gasteiger partial charge in [0.05, 0.1) is 0 Å². The summed E-state index contributed by atoms with van der Waals surface area (Å²) >= 11 is 0. The molecular weight excluding hydrogens is 961 g/mol. The second-order valence-electron chi connectivity index (χ2n) is 22.7. The van der Waals surface area contributed by atoms with Gasteiger partial charge in [-0.15, -0.1) is 0 Å². The Hall–Kier alpha value is -3.15. The van der Waals surface area contributed by atoms with Crippen LogP contribution < -0.4 is 0 Å². The Morgan fingerprint density at radius 2 is 0.500 bits per heavy atom. The molecule has 0 fully saturated rings. The van der Waals surface area contributed by atoms with Gasteiger partial charge in [0.15, 0.2) is 6.10 Å². The van der Waals surface area contributed by atoms with Gasteiger partial charge in [0.25, 0.3) is 0 Å². The average molecular weight is 1090 g/mol. The molecule has 1 atom stereocenters. The summed E-state index contributed by atoms with van der Waals surface area (Å²) in [7, 11) is 0. The molecule has 452 valence electrons. The Morgan fingerprint density at radius 1 is 0.269 bits per heavy atom. The van der Waals surface area contributed by atoms with Crippen molar-refractivity contribution in [2.75, 3.05) is 13.2 Å². The molecule has 0 aliphatic carbocycles. The molecule has 0 spiro atoms. The van der Waals surface area contributed by atoms with Crippen LogP contribution in [-0.4, -0.2) is 37.2 Å². The van der Waals surface area contributed by atoms with Crippen molar-refractivity contribution in [1.82, 2.24) is 0 Å². The molecule has 0 amide bonds. The molecular formula is C72H128O6. The predicted octanol–water partition coefficient (Wildman–Crippen LogP) is 23.3. The molecule has 0 aliphatic heterocycles. The maximum absolute atomic E-state index is 12.9. The molecule has 6 heteroatoms. The predicted molar refractivity (Wildman–Crippen MR) is 339 cm³/mol. The Kier molecular flexibility index (Phi) is 63.7. The van der Waals surface area contributed by atoms with Crippen molar-refractivity contribution in [3.8, 4) is 0 Å². The standard InChI is InChI=1S/C72H128O6/c1-4-7-10-13-16-19-22-25-28-31-32-33-34-35-36-37-38-39-40-42-44-47-50-53-56-59-62-65-71(74)77-68-69(67-76-70(73)64-61-58-55-52-49-46-43-30-27-24-21-18-15-12-9-6-3)78-72(75)66-63-60-57-54-51-48-45-41-29-26-23-20-17-14-11-8-5-2/h8,11,17,20,22,25-26,29-32,43,69H,4-7,9-10,12-16,18-19,21,23-24,27-28,33-42,44-68H2,1-3H3/b11-8-,20-17-,25-22-,29-26-,32-31-,43-30-. The first kappa shape index (κ1) is 74.8.